The second kappa shape index (κ2) is 5.05. The number of rotatable bonds is 5. The van der Waals surface area contributed by atoms with E-state index in [9.17, 15) is 18.0 Å². The van der Waals surface area contributed by atoms with Gasteiger partial charge in [0.25, 0.3) is 5.92 Å². The van der Waals surface area contributed by atoms with Crippen molar-refractivity contribution in [1.29, 1.82) is 0 Å². The number of carboxylic acids is 1. The third-order valence-electron chi connectivity index (χ3n) is 1.98. The molecule has 0 saturated carbocycles. The SMILES string of the molecule is O=C(O)c1ccc(NCC(F)(F)CO)cc1F. The summed E-state index contributed by atoms with van der Waals surface area (Å²) in [6.07, 6.45) is 0. The number of nitrogens with one attached hydrogen (secondary N) is 1. The molecule has 0 spiro atoms. The van der Waals surface area contributed by atoms with E-state index < -0.39 is 36.4 Å². The van der Waals surface area contributed by atoms with Crippen molar-refractivity contribution < 1.29 is 28.2 Å². The van der Waals surface area contributed by atoms with E-state index in [0.29, 0.717) is 0 Å². The minimum atomic E-state index is -3.32. The molecule has 0 aliphatic rings. The number of benzene rings is 1. The van der Waals surface area contributed by atoms with Gasteiger partial charge in [0.05, 0.1) is 12.1 Å². The van der Waals surface area contributed by atoms with Crippen LogP contribution in [-0.2, 0) is 0 Å². The lowest BCUT2D eigenvalue weighted by molar-refractivity contribution is -0.0372. The molecule has 0 bridgehead atoms. The Balaban J connectivity index is 2.75. The molecule has 4 nitrogen and oxygen atoms in total. The number of hydrogen-bond acceptors (Lipinski definition) is 3. The third kappa shape index (κ3) is 3.63. The first kappa shape index (κ1) is 13.3. The Morgan fingerprint density at radius 2 is 2.06 bits per heavy atom. The van der Waals surface area contributed by atoms with Crippen molar-refractivity contribution in [3.63, 3.8) is 0 Å². The molecule has 94 valence electrons. The number of carboxylic acid groups (broad SMARTS) is 1. The second-order valence-corrected chi connectivity index (χ2v) is 3.37. The van der Waals surface area contributed by atoms with Crippen LogP contribution in [0, 0.1) is 5.82 Å². The van der Waals surface area contributed by atoms with Gasteiger partial charge in [-0.3, -0.25) is 0 Å². The van der Waals surface area contributed by atoms with Crippen LogP contribution in [0.2, 0.25) is 0 Å². The quantitative estimate of drug-likeness (QED) is 0.740. The first-order valence-corrected chi connectivity index (χ1v) is 4.61. The number of halogens is 3. The maximum atomic E-state index is 13.1. The van der Waals surface area contributed by atoms with Crippen LogP contribution < -0.4 is 5.32 Å². The molecule has 0 atom stereocenters. The summed E-state index contributed by atoms with van der Waals surface area (Å²) in [6.45, 7) is -2.19. The van der Waals surface area contributed by atoms with Gasteiger partial charge in [0, 0.05) is 5.69 Å². The molecule has 0 amide bonds. The van der Waals surface area contributed by atoms with Crippen LogP contribution in [0.4, 0.5) is 18.9 Å². The first-order valence-electron chi connectivity index (χ1n) is 4.61. The average Bonchev–Trinajstić information content (AvgIpc) is 2.26. The van der Waals surface area contributed by atoms with Crippen LogP contribution in [0.1, 0.15) is 10.4 Å². The lowest BCUT2D eigenvalue weighted by atomic mass is 10.2. The monoisotopic (exact) mass is 249 g/mol. The molecule has 0 saturated heterocycles. The van der Waals surface area contributed by atoms with Crippen molar-refractivity contribution in [3.8, 4) is 0 Å². The summed E-state index contributed by atoms with van der Waals surface area (Å²) < 4.78 is 38.4. The number of anilines is 1. The zero-order chi connectivity index (χ0) is 13.1. The summed E-state index contributed by atoms with van der Waals surface area (Å²) in [6, 6.07) is 2.94. The number of aliphatic hydroxyl groups excluding tert-OH is 1. The third-order valence-corrected chi connectivity index (χ3v) is 1.98. The Bertz CT molecular complexity index is 423. The van der Waals surface area contributed by atoms with Crippen LogP contribution in [0.3, 0.4) is 0 Å². The highest BCUT2D eigenvalue weighted by Gasteiger charge is 2.27. The molecular formula is C10H10F3NO3. The lowest BCUT2D eigenvalue weighted by Gasteiger charge is -2.15. The predicted octanol–water partition coefficient (Wildman–Crippen LogP) is 1.56. The summed E-state index contributed by atoms with van der Waals surface area (Å²) in [7, 11) is 0. The molecule has 0 aliphatic heterocycles. The van der Waals surface area contributed by atoms with Crippen LogP contribution in [0.15, 0.2) is 18.2 Å². The Kier molecular flexibility index (Phi) is 3.95. The van der Waals surface area contributed by atoms with Gasteiger partial charge < -0.3 is 15.5 Å². The highest BCUT2D eigenvalue weighted by atomic mass is 19.3. The van der Waals surface area contributed by atoms with Gasteiger partial charge in [-0.2, -0.15) is 0 Å². The van der Waals surface area contributed by atoms with E-state index in [4.69, 9.17) is 10.2 Å². The van der Waals surface area contributed by atoms with Gasteiger partial charge in [-0.1, -0.05) is 0 Å². The van der Waals surface area contributed by atoms with Crippen molar-refractivity contribution in [3.05, 3.63) is 29.6 Å². The molecule has 0 unspecified atom stereocenters. The molecule has 0 fully saturated rings. The standard InChI is InChI=1S/C10H10F3NO3/c11-8-3-6(1-2-7(8)9(16)17)14-4-10(12,13)5-15/h1-3,14-15H,4-5H2,(H,16,17). The lowest BCUT2D eigenvalue weighted by Crippen LogP contribution is -2.31. The van der Waals surface area contributed by atoms with Gasteiger partial charge in [0.15, 0.2) is 0 Å². The number of alkyl halides is 2. The molecule has 0 aliphatic carbocycles. The van der Waals surface area contributed by atoms with Gasteiger partial charge in [-0.15, -0.1) is 0 Å². The van der Waals surface area contributed by atoms with E-state index in [-0.39, 0.29) is 5.69 Å². The number of aromatic carboxylic acids is 1. The Morgan fingerprint density at radius 1 is 1.41 bits per heavy atom. The summed E-state index contributed by atoms with van der Waals surface area (Å²) in [5, 5.41) is 19.0. The van der Waals surface area contributed by atoms with E-state index in [1.54, 1.807) is 0 Å². The molecular weight excluding hydrogens is 239 g/mol. The predicted molar refractivity (Wildman–Crippen MR) is 53.9 cm³/mol. The number of carbonyl (C=O) groups is 1. The fourth-order valence-corrected chi connectivity index (χ4v) is 1.09. The van der Waals surface area contributed by atoms with Crippen LogP contribution in [0.25, 0.3) is 0 Å². The summed E-state index contributed by atoms with van der Waals surface area (Å²) >= 11 is 0. The molecule has 7 heteroatoms. The molecule has 1 aromatic carbocycles. The van der Waals surface area contributed by atoms with Crippen molar-refractivity contribution in [2.24, 2.45) is 0 Å². The molecule has 0 heterocycles. The van der Waals surface area contributed by atoms with E-state index in [1.165, 1.54) is 6.07 Å². The Hall–Kier alpha value is -1.76. The van der Waals surface area contributed by atoms with E-state index >= 15 is 0 Å². The summed E-state index contributed by atoms with van der Waals surface area (Å²) in [4.78, 5) is 10.5. The van der Waals surface area contributed by atoms with Gasteiger partial charge >= 0.3 is 5.97 Å². The fourth-order valence-electron chi connectivity index (χ4n) is 1.09. The zero-order valence-electron chi connectivity index (χ0n) is 8.58. The first-order chi connectivity index (χ1) is 7.85. The highest BCUT2D eigenvalue weighted by Crippen LogP contribution is 2.17. The molecule has 0 radical (unpaired) electrons. The highest BCUT2D eigenvalue weighted by molar-refractivity contribution is 5.88. The van der Waals surface area contributed by atoms with Gasteiger partial charge in [0.1, 0.15) is 12.4 Å². The molecule has 1 rings (SSSR count). The zero-order valence-corrected chi connectivity index (χ0v) is 8.58. The fraction of sp³-hybridized carbons (Fsp3) is 0.300. The van der Waals surface area contributed by atoms with Crippen LogP contribution >= 0.6 is 0 Å². The molecule has 0 aromatic heterocycles. The Morgan fingerprint density at radius 3 is 2.53 bits per heavy atom. The number of aliphatic hydroxyl groups is 1. The molecule has 3 N–H and O–H groups in total. The summed E-state index contributed by atoms with van der Waals surface area (Å²) in [5.41, 5.74) is -0.523. The van der Waals surface area contributed by atoms with Gasteiger partial charge in [0.2, 0.25) is 0 Å². The normalized spacial score (nSPS) is 11.3. The molecule has 1 aromatic rings. The van der Waals surface area contributed by atoms with E-state index in [1.807, 2.05) is 0 Å². The van der Waals surface area contributed by atoms with Crippen molar-refractivity contribution in [2.45, 2.75) is 5.92 Å². The number of hydrogen-bond donors (Lipinski definition) is 3. The smallest absolute Gasteiger partial charge is 0.338 e. The maximum absolute atomic E-state index is 13.1. The van der Waals surface area contributed by atoms with E-state index in [0.717, 1.165) is 12.1 Å². The maximum Gasteiger partial charge on any atom is 0.338 e. The van der Waals surface area contributed by atoms with Crippen molar-refractivity contribution >= 4 is 11.7 Å². The summed E-state index contributed by atoms with van der Waals surface area (Å²) in [5.74, 6) is -5.77. The van der Waals surface area contributed by atoms with Gasteiger partial charge in [-0.05, 0) is 18.2 Å². The largest absolute Gasteiger partial charge is 0.478 e. The minimum absolute atomic E-state index is 0.0145. The van der Waals surface area contributed by atoms with Gasteiger partial charge in [-0.25, -0.2) is 18.0 Å². The van der Waals surface area contributed by atoms with E-state index in [2.05, 4.69) is 5.32 Å². The topological polar surface area (TPSA) is 69.6 Å². The van der Waals surface area contributed by atoms with Crippen molar-refractivity contribution in [1.82, 2.24) is 0 Å². The van der Waals surface area contributed by atoms with Crippen LogP contribution in [-0.4, -0.2) is 35.3 Å². The van der Waals surface area contributed by atoms with Crippen molar-refractivity contribution in [2.75, 3.05) is 18.5 Å². The molecule has 17 heavy (non-hydrogen) atoms. The minimum Gasteiger partial charge on any atom is -0.478 e. The Labute approximate surface area is 94.7 Å². The average molecular weight is 249 g/mol. The van der Waals surface area contributed by atoms with Crippen LogP contribution in [0.5, 0.6) is 0 Å². The second-order valence-electron chi connectivity index (χ2n) is 3.37.